The van der Waals surface area contributed by atoms with Crippen molar-refractivity contribution in [2.75, 3.05) is 7.11 Å². The van der Waals surface area contributed by atoms with E-state index in [1.54, 1.807) is 0 Å². The molecular formula is C13H25NO2. The van der Waals surface area contributed by atoms with Crippen LogP contribution in [0.2, 0.25) is 0 Å². The van der Waals surface area contributed by atoms with Crippen LogP contribution in [-0.2, 0) is 9.53 Å². The lowest BCUT2D eigenvalue weighted by Gasteiger charge is -2.20. The predicted molar refractivity (Wildman–Crippen MR) is 65.3 cm³/mol. The fourth-order valence-electron chi connectivity index (χ4n) is 2.55. The highest BCUT2D eigenvalue weighted by Crippen LogP contribution is 2.25. The predicted octanol–water partition coefficient (Wildman–Crippen LogP) is 2.50. The number of hydrogen-bond donors (Lipinski definition) is 1. The molecule has 1 rings (SSSR count). The van der Waals surface area contributed by atoms with E-state index in [0.717, 1.165) is 5.92 Å². The number of carbonyl (C=O) groups excluding carboxylic acids is 1. The Bertz CT molecular complexity index is 218. The van der Waals surface area contributed by atoms with E-state index in [0.29, 0.717) is 6.04 Å². The highest BCUT2D eigenvalue weighted by atomic mass is 16.5. The molecule has 2 unspecified atom stereocenters. The number of hydrogen-bond acceptors (Lipinski definition) is 3. The Balaban J connectivity index is 2.34. The summed E-state index contributed by atoms with van der Waals surface area (Å²) in [4.78, 5) is 11.3. The first-order valence-corrected chi connectivity index (χ1v) is 6.51. The smallest absolute Gasteiger partial charge is 0.322 e. The van der Waals surface area contributed by atoms with Gasteiger partial charge >= 0.3 is 5.97 Å². The average molecular weight is 227 g/mol. The standard InChI is InChI=1S/C13H25NO2/c1-4-11-6-5-7-12(9-8-11)14-10(2)13(15)16-3/h10-12,14H,4-9H2,1-3H3/t10-,11?,12?/m0/s1. The van der Waals surface area contributed by atoms with Crippen LogP contribution in [0, 0.1) is 5.92 Å². The van der Waals surface area contributed by atoms with Gasteiger partial charge in [-0.05, 0) is 32.1 Å². The van der Waals surface area contributed by atoms with Crippen molar-refractivity contribution in [1.29, 1.82) is 0 Å². The second-order valence-corrected chi connectivity index (χ2v) is 4.89. The van der Waals surface area contributed by atoms with Crippen LogP contribution in [0.15, 0.2) is 0 Å². The second kappa shape index (κ2) is 6.89. The second-order valence-electron chi connectivity index (χ2n) is 4.89. The van der Waals surface area contributed by atoms with Gasteiger partial charge in [0.25, 0.3) is 0 Å². The fraction of sp³-hybridized carbons (Fsp3) is 0.923. The van der Waals surface area contributed by atoms with Gasteiger partial charge in [0.1, 0.15) is 6.04 Å². The molecule has 0 aliphatic heterocycles. The van der Waals surface area contributed by atoms with Crippen molar-refractivity contribution in [1.82, 2.24) is 5.32 Å². The van der Waals surface area contributed by atoms with E-state index in [-0.39, 0.29) is 12.0 Å². The SMILES string of the molecule is CCC1CCCC(N[C@@H](C)C(=O)OC)CC1. The third-order valence-corrected chi connectivity index (χ3v) is 3.71. The Morgan fingerprint density at radius 1 is 1.38 bits per heavy atom. The summed E-state index contributed by atoms with van der Waals surface area (Å²) in [5.74, 6) is 0.733. The van der Waals surface area contributed by atoms with Gasteiger partial charge in [-0.1, -0.05) is 26.2 Å². The van der Waals surface area contributed by atoms with Crippen molar-refractivity contribution >= 4 is 5.97 Å². The summed E-state index contributed by atoms with van der Waals surface area (Å²) < 4.78 is 4.73. The van der Waals surface area contributed by atoms with Gasteiger partial charge in [0.2, 0.25) is 0 Å². The molecule has 0 bridgehead atoms. The average Bonchev–Trinajstić information content (AvgIpc) is 2.53. The summed E-state index contributed by atoms with van der Waals surface area (Å²) in [6.45, 7) is 4.16. The summed E-state index contributed by atoms with van der Waals surface area (Å²) in [6.07, 6.45) is 7.60. The van der Waals surface area contributed by atoms with Crippen molar-refractivity contribution < 1.29 is 9.53 Å². The molecular weight excluding hydrogens is 202 g/mol. The minimum atomic E-state index is -0.173. The monoisotopic (exact) mass is 227 g/mol. The summed E-state index contributed by atoms with van der Waals surface area (Å²) in [5.41, 5.74) is 0. The van der Waals surface area contributed by atoms with Gasteiger partial charge in [0.05, 0.1) is 7.11 Å². The molecule has 3 atom stereocenters. The Hall–Kier alpha value is -0.570. The van der Waals surface area contributed by atoms with Crippen molar-refractivity contribution in [3.8, 4) is 0 Å². The Morgan fingerprint density at radius 3 is 2.75 bits per heavy atom. The molecule has 1 saturated carbocycles. The van der Waals surface area contributed by atoms with Gasteiger partial charge in [0.15, 0.2) is 0 Å². The summed E-state index contributed by atoms with van der Waals surface area (Å²) >= 11 is 0. The molecule has 0 heterocycles. The third kappa shape index (κ3) is 4.12. The van der Waals surface area contributed by atoms with E-state index in [1.807, 2.05) is 6.92 Å². The molecule has 0 aromatic carbocycles. The van der Waals surface area contributed by atoms with Crippen molar-refractivity contribution in [2.24, 2.45) is 5.92 Å². The fourth-order valence-corrected chi connectivity index (χ4v) is 2.55. The maximum Gasteiger partial charge on any atom is 0.322 e. The molecule has 0 spiro atoms. The quantitative estimate of drug-likeness (QED) is 0.592. The van der Waals surface area contributed by atoms with Crippen LogP contribution in [0.4, 0.5) is 0 Å². The molecule has 1 aliphatic carbocycles. The first-order valence-electron chi connectivity index (χ1n) is 6.51. The topological polar surface area (TPSA) is 38.3 Å². The van der Waals surface area contributed by atoms with Crippen LogP contribution in [0.5, 0.6) is 0 Å². The van der Waals surface area contributed by atoms with Crippen LogP contribution >= 0.6 is 0 Å². The lowest BCUT2D eigenvalue weighted by Crippen LogP contribution is -2.41. The van der Waals surface area contributed by atoms with Crippen molar-refractivity contribution in [2.45, 2.75) is 64.5 Å². The van der Waals surface area contributed by atoms with Gasteiger partial charge in [-0.15, -0.1) is 0 Å². The molecule has 94 valence electrons. The maximum atomic E-state index is 11.3. The van der Waals surface area contributed by atoms with Crippen LogP contribution in [-0.4, -0.2) is 25.2 Å². The molecule has 3 nitrogen and oxygen atoms in total. The number of esters is 1. The van der Waals surface area contributed by atoms with Gasteiger partial charge in [-0.2, -0.15) is 0 Å². The first-order chi connectivity index (χ1) is 7.67. The Labute approximate surface area is 98.9 Å². The van der Waals surface area contributed by atoms with E-state index in [9.17, 15) is 4.79 Å². The maximum absolute atomic E-state index is 11.3. The van der Waals surface area contributed by atoms with Gasteiger partial charge in [-0.3, -0.25) is 4.79 Å². The minimum Gasteiger partial charge on any atom is -0.468 e. The third-order valence-electron chi connectivity index (χ3n) is 3.71. The number of rotatable bonds is 4. The van der Waals surface area contributed by atoms with Crippen LogP contribution < -0.4 is 5.32 Å². The molecule has 0 aromatic heterocycles. The van der Waals surface area contributed by atoms with E-state index in [2.05, 4.69) is 12.2 Å². The van der Waals surface area contributed by atoms with Gasteiger partial charge < -0.3 is 10.1 Å². The van der Waals surface area contributed by atoms with E-state index < -0.39 is 0 Å². The molecule has 0 saturated heterocycles. The molecule has 1 N–H and O–H groups in total. The lowest BCUT2D eigenvalue weighted by molar-refractivity contribution is -0.142. The molecule has 0 amide bonds. The largest absolute Gasteiger partial charge is 0.468 e. The van der Waals surface area contributed by atoms with Gasteiger partial charge in [0, 0.05) is 6.04 Å². The molecule has 1 fully saturated rings. The first kappa shape index (κ1) is 13.5. The number of nitrogens with one attached hydrogen (secondary N) is 1. The van der Waals surface area contributed by atoms with Crippen LogP contribution in [0.3, 0.4) is 0 Å². The van der Waals surface area contributed by atoms with Crippen molar-refractivity contribution in [3.05, 3.63) is 0 Å². The van der Waals surface area contributed by atoms with E-state index in [4.69, 9.17) is 4.74 Å². The molecule has 16 heavy (non-hydrogen) atoms. The highest BCUT2D eigenvalue weighted by molar-refractivity contribution is 5.75. The summed E-state index contributed by atoms with van der Waals surface area (Å²) in [6, 6.07) is 0.318. The Kier molecular flexibility index (Phi) is 5.81. The summed E-state index contributed by atoms with van der Waals surface area (Å²) in [7, 11) is 1.45. The van der Waals surface area contributed by atoms with E-state index in [1.165, 1.54) is 45.6 Å². The van der Waals surface area contributed by atoms with E-state index >= 15 is 0 Å². The minimum absolute atomic E-state index is 0.156. The normalized spacial score (nSPS) is 28.2. The zero-order chi connectivity index (χ0) is 12.0. The lowest BCUT2D eigenvalue weighted by atomic mass is 9.98. The molecule has 1 aliphatic rings. The zero-order valence-corrected chi connectivity index (χ0v) is 10.8. The highest BCUT2D eigenvalue weighted by Gasteiger charge is 2.21. The zero-order valence-electron chi connectivity index (χ0n) is 10.8. The van der Waals surface area contributed by atoms with Crippen molar-refractivity contribution in [3.63, 3.8) is 0 Å². The number of ether oxygens (including phenoxy) is 1. The molecule has 3 heteroatoms. The molecule has 0 aromatic rings. The van der Waals surface area contributed by atoms with Crippen LogP contribution in [0.1, 0.15) is 52.4 Å². The Morgan fingerprint density at radius 2 is 2.12 bits per heavy atom. The van der Waals surface area contributed by atoms with Crippen LogP contribution in [0.25, 0.3) is 0 Å². The van der Waals surface area contributed by atoms with Gasteiger partial charge in [-0.25, -0.2) is 0 Å². The molecule has 0 radical (unpaired) electrons. The number of carbonyl (C=O) groups is 1. The summed E-state index contributed by atoms with van der Waals surface area (Å²) in [5, 5.41) is 3.38. The number of methoxy groups -OCH3 is 1.